The maximum absolute atomic E-state index is 12.4. The monoisotopic (exact) mass is 307 g/mol. The summed E-state index contributed by atoms with van der Waals surface area (Å²) in [5.74, 6) is 0.665. The van der Waals surface area contributed by atoms with E-state index < -0.39 is 12.7 Å². The number of amides is 1. The number of hydrogen-bond donors (Lipinski definition) is 1. The van der Waals surface area contributed by atoms with Gasteiger partial charge in [-0.1, -0.05) is 0 Å². The minimum Gasteiger partial charge on any atom is -0.341 e. The Morgan fingerprint density at radius 2 is 2.00 bits per heavy atom. The zero-order valence-corrected chi connectivity index (χ0v) is 12.3. The molecule has 0 aliphatic carbocycles. The van der Waals surface area contributed by atoms with E-state index in [1.165, 1.54) is 4.90 Å². The highest BCUT2D eigenvalue weighted by atomic mass is 19.4. The summed E-state index contributed by atoms with van der Waals surface area (Å²) in [5, 5.41) is 3.28. The molecule has 1 amide bonds. The molecule has 1 atom stereocenters. The van der Waals surface area contributed by atoms with E-state index in [1.54, 1.807) is 4.90 Å². The molecule has 0 aromatic carbocycles. The zero-order chi connectivity index (χ0) is 15.3. The number of nitrogens with one attached hydrogen (secondary N) is 1. The minimum atomic E-state index is -4.16. The molecule has 2 saturated heterocycles. The fourth-order valence-corrected chi connectivity index (χ4v) is 3.08. The molecule has 2 aliphatic rings. The molecule has 0 spiro atoms. The molecule has 0 bridgehead atoms. The number of alkyl halides is 3. The van der Waals surface area contributed by atoms with Gasteiger partial charge in [-0.25, -0.2) is 0 Å². The van der Waals surface area contributed by atoms with Crippen LogP contribution in [0.2, 0.25) is 0 Å². The lowest BCUT2D eigenvalue weighted by atomic mass is 10.0. The SMILES string of the molecule is O=C(CCC1CCNC1)N1CCCN(CC(F)(F)F)CC1. The lowest BCUT2D eigenvalue weighted by Crippen LogP contribution is -2.38. The van der Waals surface area contributed by atoms with Crippen molar-refractivity contribution in [2.75, 3.05) is 45.8 Å². The molecule has 0 aromatic heterocycles. The highest BCUT2D eigenvalue weighted by molar-refractivity contribution is 5.76. The molecule has 1 N–H and O–H groups in total. The molecule has 0 saturated carbocycles. The summed E-state index contributed by atoms with van der Waals surface area (Å²) in [7, 11) is 0. The molecule has 2 fully saturated rings. The maximum atomic E-state index is 12.4. The average molecular weight is 307 g/mol. The van der Waals surface area contributed by atoms with Gasteiger partial charge < -0.3 is 10.2 Å². The number of hydrogen-bond acceptors (Lipinski definition) is 3. The van der Waals surface area contributed by atoms with Crippen molar-refractivity contribution in [3.05, 3.63) is 0 Å². The number of halogens is 3. The van der Waals surface area contributed by atoms with E-state index in [9.17, 15) is 18.0 Å². The van der Waals surface area contributed by atoms with E-state index in [-0.39, 0.29) is 5.91 Å². The molecule has 21 heavy (non-hydrogen) atoms. The van der Waals surface area contributed by atoms with Gasteiger partial charge in [0.25, 0.3) is 0 Å². The summed E-state index contributed by atoms with van der Waals surface area (Å²) >= 11 is 0. The van der Waals surface area contributed by atoms with Gasteiger partial charge in [-0.2, -0.15) is 13.2 Å². The zero-order valence-electron chi connectivity index (χ0n) is 12.3. The van der Waals surface area contributed by atoms with Crippen LogP contribution >= 0.6 is 0 Å². The lowest BCUT2D eigenvalue weighted by molar-refractivity contribution is -0.145. The third-order valence-electron chi connectivity index (χ3n) is 4.27. The summed E-state index contributed by atoms with van der Waals surface area (Å²) in [6, 6.07) is 0. The Kier molecular flexibility index (Phi) is 5.87. The van der Waals surface area contributed by atoms with Gasteiger partial charge in [0.2, 0.25) is 5.91 Å². The largest absolute Gasteiger partial charge is 0.401 e. The molecular formula is C14H24F3N3O. The lowest BCUT2D eigenvalue weighted by Gasteiger charge is -2.23. The van der Waals surface area contributed by atoms with Gasteiger partial charge >= 0.3 is 6.18 Å². The number of carbonyl (C=O) groups is 1. The van der Waals surface area contributed by atoms with Crippen LogP contribution in [0, 0.1) is 5.92 Å². The third kappa shape index (κ3) is 5.82. The predicted molar refractivity (Wildman–Crippen MR) is 73.9 cm³/mol. The quantitative estimate of drug-likeness (QED) is 0.854. The second kappa shape index (κ2) is 7.45. The van der Waals surface area contributed by atoms with Crippen LogP contribution in [-0.4, -0.2) is 67.7 Å². The van der Waals surface area contributed by atoms with Crippen molar-refractivity contribution in [1.82, 2.24) is 15.1 Å². The first-order valence-electron chi connectivity index (χ1n) is 7.71. The van der Waals surface area contributed by atoms with Crippen LogP contribution in [0.5, 0.6) is 0 Å². The Balaban J connectivity index is 1.72. The molecule has 1 unspecified atom stereocenters. The van der Waals surface area contributed by atoms with E-state index in [1.807, 2.05) is 0 Å². The van der Waals surface area contributed by atoms with Crippen LogP contribution < -0.4 is 5.32 Å². The van der Waals surface area contributed by atoms with E-state index in [4.69, 9.17) is 0 Å². The molecule has 2 aliphatic heterocycles. The van der Waals surface area contributed by atoms with Crippen molar-refractivity contribution in [3.8, 4) is 0 Å². The van der Waals surface area contributed by atoms with E-state index in [2.05, 4.69) is 5.32 Å². The van der Waals surface area contributed by atoms with Crippen molar-refractivity contribution in [3.63, 3.8) is 0 Å². The highest BCUT2D eigenvalue weighted by Crippen LogP contribution is 2.19. The Hall–Kier alpha value is -0.820. The number of rotatable bonds is 4. The first kappa shape index (κ1) is 16.5. The average Bonchev–Trinajstić information content (AvgIpc) is 2.81. The summed E-state index contributed by atoms with van der Waals surface area (Å²) in [6.07, 6.45) is -1.02. The maximum Gasteiger partial charge on any atom is 0.401 e. The van der Waals surface area contributed by atoms with Gasteiger partial charge in [0.1, 0.15) is 0 Å². The van der Waals surface area contributed by atoms with Crippen molar-refractivity contribution in [2.24, 2.45) is 5.92 Å². The van der Waals surface area contributed by atoms with Crippen LogP contribution in [-0.2, 0) is 4.79 Å². The molecular weight excluding hydrogens is 283 g/mol. The molecule has 122 valence electrons. The fourth-order valence-electron chi connectivity index (χ4n) is 3.08. The second-order valence-electron chi connectivity index (χ2n) is 6.02. The van der Waals surface area contributed by atoms with Gasteiger partial charge in [0.15, 0.2) is 0 Å². The topological polar surface area (TPSA) is 35.6 Å². The summed E-state index contributed by atoms with van der Waals surface area (Å²) in [5.41, 5.74) is 0. The van der Waals surface area contributed by atoms with Crippen molar-refractivity contribution < 1.29 is 18.0 Å². The molecule has 7 heteroatoms. The van der Waals surface area contributed by atoms with Crippen molar-refractivity contribution >= 4 is 5.91 Å². The summed E-state index contributed by atoms with van der Waals surface area (Å²) in [6.45, 7) is 2.85. The normalized spacial score (nSPS) is 25.1. The van der Waals surface area contributed by atoms with Gasteiger partial charge in [0.05, 0.1) is 6.54 Å². The summed E-state index contributed by atoms with van der Waals surface area (Å²) in [4.78, 5) is 15.3. The molecule has 2 rings (SSSR count). The highest BCUT2D eigenvalue weighted by Gasteiger charge is 2.31. The number of nitrogens with zero attached hydrogens (tertiary/aromatic N) is 2. The van der Waals surface area contributed by atoms with Gasteiger partial charge in [-0.05, 0) is 38.3 Å². The first-order valence-corrected chi connectivity index (χ1v) is 7.71. The van der Waals surface area contributed by atoms with Gasteiger partial charge in [-0.3, -0.25) is 9.69 Å². The minimum absolute atomic E-state index is 0.0933. The Bertz CT molecular complexity index is 343. The van der Waals surface area contributed by atoms with E-state index in [0.717, 1.165) is 25.9 Å². The van der Waals surface area contributed by atoms with Crippen molar-refractivity contribution in [1.29, 1.82) is 0 Å². The van der Waals surface area contributed by atoms with Crippen LogP contribution in [0.3, 0.4) is 0 Å². The second-order valence-corrected chi connectivity index (χ2v) is 6.02. The standard InChI is InChI=1S/C14H24F3N3O/c15-14(16,17)11-19-6-1-7-20(9-8-19)13(21)3-2-12-4-5-18-10-12/h12,18H,1-11H2. The van der Waals surface area contributed by atoms with Crippen LogP contribution in [0.15, 0.2) is 0 Å². The van der Waals surface area contributed by atoms with Gasteiger partial charge in [-0.15, -0.1) is 0 Å². The molecule has 4 nitrogen and oxygen atoms in total. The number of carbonyl (C=O) groups excluding carboxylic acids is 1. The van der Waals surface area contributed by atoms with Crippen LogP contribution in [0.25, 0.3) is 0 Å². The predicted octanol–water partition coefficient (Wildman–Crippen LogP) is 1.47. The fraction of sp³-hybridized carbons (Fsp3) is 0.929. The molecule has 0 radical (unpaired) electrons. The van der Waals surface area contributed by atoms with E-state index in [0.29, 0.717) is 44.9 Å². The summed E-state index contributed by atoms with van der Waals surface area (Å²) < 4.78 is 37.2. The third-order valence-corrected chi connectivity index (χ3v) is 4.27. The van der Waals surface area contributed by atoms with Crippen LogP contribution in [0.1, 0.15) is 25.7 Å². The Labute approximate surface area is 123 Å². The van der Waals surface area contributed by atoms with Crippen molar-refractivity contribution in [2.45, 2.75) is 31.9 Å². The Morgan fingerprint density at radius 1 is 1.19 bits per heavy atom. The molecule has 2 heterocycles. The first-order chi connectivity index (χ1) is 9.94. The van der Waals surface area contributed by atoms with E-state index >= 15 is 0 Å². The van der Waals surface area contributed by atoms with Crippen LogP contribution in [0.4, 0.5) is 13.2 Å². The Morgan fingerprint density at radius 3 is 2.67 bits per heavy atom. The van der Waals surface area contributed by atoms with Gasteiger partial charge in [0, 0.05) is 32.6 Å². The molecule has 0 aromatic rings. The smallest absolute Gasteiger partial charge is 0.341 e.